The summed E-state index contributed by atoms with van der Waals surface area (Å²) < 4.78 is 0. The van der Waals surface area contributed by atoms with Crippen molar-refractivity contribution in [2.24, 2.45) is 22.7 Å². The Morgan fingerprint density at radius 1 is 1.29 bits per heavy atom. The third-order valence-corrected chi connectivity index (χ3v) is 5.56. The molecular weight excluding hydrogens is 326 g/mol. The van der Waals surface area contributed by atoms with Crippen molar-refractivity contribution in [3.63, 3.8) is 0 Å². The van der Waals surface area contributed by atoms with Crippen molar-refractivity contribution in [3.8, 4) is 0 Å². The van der Waals surface area contributed by atoms with Gasteiger partial charge in [0.25, 0.3) is 0 Å². The minimum atomic E-state index is -0.750. The van der Waals surface area contributed by atoms with Crippen molar-refractivity contribution in [1.82, 2.24) is 10.2 Å². The van der Waals surface area contributed by atoms with Gasteiger partial charge in [-0.05, 0) is 25.2 Å². The zero-order valence-electron chi connectivity index (χ0n) is 14.0. The van der Waals surface area contributed by atoms with Gasteiger partial charge in [-0.3, -0.25) is 24.3 Å². The molecule has 24 heavy (non-hydrogen) atoms. The Balaban J connectivity index is 1.81. The number of aliphatic imine (C=N–C) groups is 1. The van der Waals surface area contributed by atoms with Gasteiger partial charge in [0.1, 0.15) is 6.04 Å². The van der Waals surface area contributed by atoms with E-state index in [1.165, 1.54) is 16.7 Å². The number of allylic oxidation sites excluding steroid dienone is 2. The molecule has 7 heteroatoms. The average Bonchev–Trinajstić information content (AvgIpc) is 3.14. The molecule has 3 amide bonds. The van der Waals surface area contributed by atoms with E-state index in [0.717, 1.165) is 5.75 Å². The molecule has 1 saturated heterocycles. The second-order valence-corrected chi connectivity index (χ2v) is 7.96. The van der Waals surface area contributed by atoms with E-state index in [-0.39, 0.29) is 35.5 Å². The number of rotatable bonds is 4. The van der Waals surface area contributed by atoms with Crippen LogP contribution in [0, 0.1) is 17.8 Å². The summed E-state index contributed by atoms with van der Waals surface area (Å²) in [5.74, 6) is -0.258. The number of nitrogens with one attached hydrogen (secondary N) is 1. The van der Waals surface area contributed by atoms with Crippen LogP contribution in [0.1, 0.15) is 33.1 Å². The molecule has 3 atom stereocenters. The van der Waals surface area contributed by atoms with Crippen LogP contribution in [0.3, 0.4) is 0 Å². The summed E-state index contributed by atoms with van der Waals surface area (Å²) >= 11 is 1.49. The van der Waals surface area contributed by atoms with Crippen LogP contribution < -0.4 is 5.32 Å². The third kappa shape index (κ3) is 3.27. The Morgan fingerprint density at radius 2 is 1.92 bits per heavy atom. The maximum atomic E-state index is 12.8. The van der Waals surface area contributed by atoms with Crippen LogP contribution in [0.25, 0.3) is 0 Å². The molecule has 3 rings (SSSR count). The number of thioether (sulfide) groups is 1. The predicted octanol–water partition coefficient (Wildman–Crippen LogP) is 1.57. The minimum Gasteiger partial charge on any atom is -0.304 e. The van der Waals surface area contributed by atoms with Gasteiger partial charge in [0, 0.05) is 5.75 Å². The summed E-state index contributed by atoms with van der Waals surface area (Å²) in [6.45, 7) is 4.66. The van der Waals surface area contributed by atoms with Crippen molar-refractivity contribution < 1.29 is 14.4 Å². The van der Waals surface area contributed by atoms with Crippen LogP contribution in [0.2, 0.25) is 0 Å². The number of nitrogens with zero attached hydrogens (tertiary/aromatic N) is 2. The lowest BCUT2D eigenvalue weighted by atomic mass is 9.85. The molecule has 3 aliphatic rings. The monoisotopic (exact) mass is 349 g/mol. The molecule has 130 valence electrons. The number of amidine groups is 1. The van der Waals surface area contributed by atoms with Gasteiger partial charge in [-0.15, -0.1) is 0 Å². The van der Waals surface area contributed by atoms with Crippen LogP contribution in [0.15, 0.2) is 17.1 Å². The highest BCUT2D eigenvalue weighted by molar-refractivity contribution is 8.14. The molecule has 2 aliphatic heterocycles. The quantitative estimate of drug-likeness (QED) is 0.617. The molecular formula is C17H23N3O3S. The lowest BCUT2D eigenvalue weighted by molar-refractivity contribution is -0.148. The largest absolute Gasteiger partial charge is 0.304 e. The number of carbonyl (C=O) groups is 3. The molecule has 1 aliphatic carbocycles. The first-order valence-electron chi connectivity index (χ1n) is 8.49. The maximum Gasteiger partial charge on any atom is 0.249 e. The van der Waals surface area contributed by atoms with E-state index >= 15 is 0 Å². The third-order valence-electron chi connectivity index (χ3n) is 4.67. The van der Waals surface area contributed by atoms with Gasteiger partial charge in [0.2, 0.25) is 17.7 Å². The highest BCUT2D eigenvalue weighted by Crippen LogP contribution is 2.37. The highest BCUT2D eigenvalue weighted by atomic mass is 32.2. The number of amides is 3. The van der Waals surface area contributed by atoms with Gasteiger partial charge >= 0.3 is 0 Å². The fourth-order valence-corrected chi connectivity index (χ4v) is 4.24. The van der Waals surface area contributed by atoms with Gasteiger partial charge in [-0.1, -0.05) is 37.8 Å². The molecule has 6 nitrogen and oxygen atoms in total. The molecule has 0 aromatic heterocycles. The van der Waals surface area contributed by atoms with Gasteiger partial charge in [-0.25, -0.2) is 0 Å². The fraction of sp³-hybridized carbons (Fsp3) is 0.647. The van der Waals surface area contributed by atoms with Crippen LogP contribution in [-0.2, 0) is 14.4 Å². The Kier molecular flexibility index (Phi) is 5.08. The van der Waals surface area contributed by atoms with Crippen molar-refractivity contribution >= 4 is 34.7 Å². The van der Waals surface area contributed by atoms with E-state index in [2.05, 4.69) is 10.3 Å². The van der Waals surface area contributed by atoms with E-state index in [9.17, 15) is 14.4 Å². The fourth-order valence-electron chi connectivity index (χ4n) is 3.51. The Labute approximate surface area is 146 Å². The minimum absolute atomic E-state index is 0.195. The van der Waals surface area contributed by atoms with Crippen LogP contribution >= 0.6 is 11.8 Å². The van der Waals surface area contributed by atoms with Crippen molar-refractivity contribution in [1.29, 1.82) is 0 Å². The molecule has 1 fully saturated rings. The summed E-state index contributed by atoms with van der Waals surface area (Å²) in [7, 11) is 0. The maximum absolute atomic E-state index is 12.8. The predicted molar refractivity (Wildman–Crippen MR) is 93.4 cm³/mol. The molecule has 1 N–H and O–H groups in total. The van der Waals surface area contributed by atoms with Gasteiger partial charge in [-0.2, -0.15) is 0 Å². The van der Waals surface area contributed by atoms with Crippen LogP contribution in [-0.4, -0.2) is 46.1 Å². The second-order valence-electron chi connectivity index (χ2n) is 6.87. The Bertz CT molecular complexity index is 588. The molecule has 0 spiro atoms. The summed E-state index contributed by atoms with van der Waals surface area (Å²) in [5.41, 5.74) is 0. The number of fused-ring (bicyclic) bond motifs is 1. The van der Waals surface area contributed by atoms with E-state index in [1.54, 1.807) is 0 Å². The number of likely N-dealkylation sites (tertiary alicyclic amines) is 1. The number of hydrogen-bond acceptors (Lipinski definition) is 5. The molecule has 0 aromatic carbocycles. The van der Waals surface area contributed by atoms with Gasteiger partial charge in [0.05, 0.1) is 18.4 Å². The summed E-state index contributed by atoms with van der Waals surface area (Å²) in [6, 6.07) is -0.750. The van der Waals surface area contributed by atoms with Crippen molar-refractivity contribution in [2.75, 3.05) is 12.3 Å². The number of carbonyl (C=O) groups excluding carboxylic acids is 3. The topological polar surface area (TPSA) is 78.8 Å². The normalized spacial score (nSPS) is 27.5. The molecule has 0 bridgehead atoms. The van der Waals surface area contributed by atoms with Crippen molar-refractivity contribution in [2.45, 2.75) is 39.2 Å². The standard InChI is InChI=1S/C17H23N3O3S/c1-10(2)9-13(14(21)19-17-18-7-8-24-17)20-15(22)11-5-3-4-6-12(11)16(20)23/h3-4,10-13H,5-9H2,1-2H3,(H,18,19,21). The Hall–Kier alpha value is -1.63. The van der Waals surface area contributed by atoms with E-state index in [1.807, 2.05) is 26.0 Å². The number of imide groups is 1. The van der Waals surface area contributed by atoms with E-state index < -0.39 is 6.04 Å². The summed E-state index contributed by atoms with van der Waals surface area (Å²) in [6.07, 6.45) is 5.55. The molecule has 0 aromatic rings. The van der Waals surface area contributed by atoms with Crippen LogP contribution in [0.5, 0.6) is 0 Å². The first-order valence-corrected chi connectivity index (χ1v) is 9.47. The molecule has 2 heterocycles. The highest BCUT2D eigenvalue weighted by Gasteiger charge is 2.51. The molecule has 0 radical (unpaired) electrons. The van der Waals surface area contributed by atoms with E-state index in [0.29, 0.717) is 31.0 Å². The smallest absolute Gasteiger partial charge is 0.249 e. The first-order chi connectivity index (χ1) is 11.5. The zero-order chi connectivity index (χ0) is 17.3. The van der Waals surface area contributed by atoms with E-state index in [4.69, 9.17) is 0 Å². The lowest BCUT2D eigenvalue weighted by Crippen LogP contribution is -2.51. The van der Waals surface area contributed by atoms with Gasteiger partial charge in [0.15, 0.2) is 5.17 Å². The first kappa shape index (κ1) is 17.2. The average molecular weight is 349 g/mol. The molecule has 0 saturated carbocycles. The SMILES string of the molecule is CC(C)CC(C(=O)NC1=NCCS1)N1C(=O)C2CC=CCC2C1=O. The summed E-state index contributed by atoms with van der Waals surface area (Å²) in [4.78, 5) is 43.7. The number of hydrogen-bond donors (Lipinski definition) is 1. The zero-order valence-corrected chi connectivity index (χ0v) is 14.8. The summed E-state index contributed by atoms with van der Waals surface area (Å²) in [5, 5.41) is 3.39. The van der Waals surface area contributed by atoms with Crippen LogP contribution in [0.4, 0.5) is 0 Å². The Morgan fingerprint density at radius 3 is 2.42 bits per heavy atom. The second kappa shape index (κ2) is 7.09. The lowest BCUT2D eigenvalue weighted by Gasteiger charge is -2.27. The molecule has 3 unspecified atom stereocenters. The van der Waals surface area contributed by atoms with Crippen molar-refractivity contribution in [3.05, 3.63) is 12.2 Å². The van der Waals surface area contributed by atoms with Gasteiger partial charge < -0.3 is 5.32 Å².